The molecule has 11 amide bonds. The Morgan fingerprint density at radius 1 is 0.434 bits per heavy atom. The van der Waals surface area contributed by atoms with Crippen LogP contribution in [0.25, 0.3) is 22.3 Å². The number of Topliss-reactive ketones (excluding diaryl/α,β-unsaturated/α-hetero) is 2. The molecule has 12 N–H and O–H groups in total. The number of carboxylic acids is 1. The molecular formula is C90H117N15O17. The van der Waals surface area contributed by atoms with Gasteiger partial charge in [0.05, 0.1) is 18.6 Å². The van der Waals surface area contributed by atoms with Crippen molar-refractivity contribution in [1.82, 2.24) is 67.5 Å². The molecule has 122 heavy (non-hydrogen) atoms. The summed E-state index contributed by atoms with van der Waals surface area (Å²) < 4.78 is 0. The van der Waals surface area contributed by atoms with E-state index in [-0.39, 0.29) is 68.4 Å². The van der Waals surface area contributed by atoms with Crippen LogP contribution in [-0.4, -0.2) is 249 Å². The summed E-state index contributed by atoms with van der Waals surface area (Å²) in [4.78, 5) is 205. The summed E-state index contributed by atoms with van der Waals surface area (Å²) in [7, 11) is 0. The van der Waals surface area contributed by atoms with Crippen LogP contribution >= 0.6 is 0 Å². The van der Waals surface area contributed by atoms with Crippen LogP contribution in [0.2, 0.25) is 0 Å². The number of anilines is 2. The highest BCUT2D eigenvalue weighted by atomic mass is 16.4. The Hall–Kier alpha value is -11.5. The Labute approximate surface area is 711 Å². The fraction of sp³-hybridized carbons (Fsp3) is 0.511. The van der Waals surface area contributed by atoms with Crippen LogP contribution in [0.5, 0.6) is 0 Å². The van der Waals surface area contributed by atoms with Crippen LogP contribution in [0, 0.1) is 17.8 Å². The molecule has 0 spiro atoms. The quantitative estimate of drug-likeness (QED) is 0.0597. The molecule has 654 valence electrons. The van der Waals surface area contributed by atoms with E-state index in [0.717, 1.165) is 99.1 Å². The molecule has 6 heterocycles. The zero-order chi connectivity index (χ0) is 87.9. The van der Waals surface area contributed by atoms with Gasteiger partial charge in [-0.3, -0.25) is 76.9 Å². The van der Waals surface area contributed by atoms with Gasteiger partial charge in [0.1, 0.15) is 60.2 Å². The van der Waals surface area contributed by atoms with E-state index < -0.39 is 168 Å². The lowest BCUT2D eigenvalue weighted by molar-refractivity contribution is -0.143. The lowest BCUT2D eigenvalue weighted by Gasteiger charge is -2.37. The number of hydrogen-bond donors (Lipinski definition) is 12. The van der Waals surface area contributed by atoms with Gasteiger partial charge in [0.2, 0.25) is 59.1 Å². The van der Waals surface area contributed by atoms with Gasteiger partial charge >= 0.3 is 5.97 Å². The minimum atomic E-state index is -1.71. The number of fused-ring (bicyclic) bond motifs is 6. The second-order valence-electron chi connectivity index (χ2n) is 34.1. The van der Waals surface area contributed by atoms with Gasteiger partial charge in [-0.05, 0) is 172 Å². The third kappa shape index (κ3) is 23.6. The highest BCUT2D eigenvalue weighted by Crippen LogP contribution is 2.33. The normalized spacial score (nSPS) is 24.7. The summed E-state index contributed by atoms with van der Waals surface area (Å²) >= 11 is 0. The van der Waals surface area contributed by atoms with Gasteiger partial charge < -0.3 is 82.8 Å². The Morgan fingerprint density at radius 3 is 1.29 bits per heavy atom. The number of rotatable bonds is 18. The maximum Gasteiger partial charge on any atom is 0.305 e. The van der Waals surface area contributed by atoms with Gasteiger partial charge in [-0.1, -0.05) is 94.4 Å². The molecule has 6 aliphatic rings. The number of aliphatic hydroxyl groups excluding tert-OH is 2. The highest BCUT2D eigenvalue weighted by molar-refractivity contribution is 6.03. The predicted octanol–water partition coefficient (Wildman–Crippen LogP) is 3.45. The molecule has 3 unspecified atom stereocenters. The number of hydrogen-bond acceptors (Lipinski definition) is 20. The molecule has 0 aromatic heterocycles. The van der Waals surface area contributed by atoms with E-state index in [0.29, 0.717) is 36.8 Å². The number of carboxylic acid groups (broad SMARTS) is 1. The Morgan fingerprint density at radius 2 is 0.852 bits per heavy atom. The number of nitrogens with zero attached hydrogens (tertiary/aromatic N) is 6. The molecular weight excluding hydrogens is 1560 g/mol. The van der Waals surface area contributed by atoms with Crippen LogP contribution in [0.4, 0.5) is 11.4 Å². The first-order valence-corrected chi connectivity index (χ1v) is 42.5. The topological polar surface area (TPSA) is 427 Å². The van der Waals surface area contributed by atoms with E-state index in [2.05, 4.69) is 116 Å². The number of piperazine rings is 2. The van der Waals surface area contributed by atoms with Crippen molar-refractivity contribution in [3.63, 3.8) is 0 Å². The van der Waals surface area contributed by atoms with E-state index in [1.165, 1.54) is 55.5 Å². The minimum Gasteiger partial charge on any atom is -0.481 e. The van der Waals surface area contributed by atoms with Gasteiger partial charge in [-0.15, -0.1) is 0 Å². The number of aliphatic hydroxyl groups is 2. The largest absolute Gasteiger partial charge is 0.481 e. The number of carbonyl (C=O) groups excluding carboxylic acids is 13. The van der Waals surface area contributed by atoms with Gasteiger partial charge in [0.25, 0.3) is 5.91 Å². The maximum atomic E-state index is 14.4. The highest BCUT2D eigenvalue weighted by Gasteiger charge is 2.42. The first-order valence-electron chi connectivity index (χ1n) is 42.5. The van der Waals surface area contributed by atoms with E-state index in [9.17, 15) is 82.4 Å². The number of carbonyl (C=O) groups is 14. The molecule has 11 rings (SSSR count). The lowest BCUT2D eigenvalue weighted by atomic mass is 9.88. The van der Waals surface area contributed by atoms with Crippen LogP contribution in [0.3, 0.4) is 0 Å². The molecule has 4 fully saturated rings. The molecule has 5 aromatic rings. The van der Waals surface area contributed by atoms with Crippen molar-refractivity contribution in [2.75, 3.05) is 75.2 Å². The number of aliphatic carboxylic acids is 1. The van der Waals surface area contributed by atoms with Crippen molar-refractivity contribution in [2.24, 2.45) is 17.8 Å². The van der Waals surface area contributed by atoms with Crippen LogP contribution in [-0.2, 0) is 83.7 Å². The lowest BCUT2D eigenvalue weighted by Crippen LogP contribution is -2.61. The van der Waals surface area contributed by atoms with Crippen LogP contribution in [0.15, 0.2) is 109 Å². The number of ketones is 2. The molecule has 4 saturated heterocycles. The average molecular weight is 1680 g/mol. The molecule has 0 aliphatic carbocycles. The molecule has 32 heteroatoms. The van der Waals surface area contributed by atoms with Crippen LogP contribution in [0.1, 0.15) is 163 Å². The van der Waals surface area contributed by atoms with E-state index >= 15 is 0 Å². The standard InChI is InChI=1S/C90H117N15O17/c1-51(2)39-64-45-76(109)62-21-27-69(65(43-62)47-91-85(117)74-15-11-29-104(74)90(122)55(7)94-88(120)79(57(9)108)99-84(116)73(46-77(110)111)96-81(64)113)60-17-23-67(24-18-60)102-35-31-100(32-36-102)49-58-13-10-14-59(42-58)50-101-33-37-103(38-34-101)68-25-19-61(20-26-68)70-28-22-63-44-66(70)48-92-86(118)75-16-12-30-105(75)89(121)54(6)93-87(119)78(56(8)107)98-83(115)72(41-53(5)106)97-82(114)71(40-52(3)4)95-80(63)112/h10,13-14,17-28,42-44,51-52,54-57,64,71-75,78-79,107-108H,11-12,15-16,29-41,45-50H2,1-9H3,(H,91,117)(H,92,118)(H,93,119)(H,94,120)(H,95,112)(H,96,113)(H,97,114)(H,98,115)(H,99,116)(H,110,111)/t54?,55-,56?,57+,64+,71-,72-,73-,74-,75-,78?,79-/m0/s1. The summed E-state index contributed by atoms with van der Waals surface area (Å²) in [5.41, 5.74) is 9.14. The molecule has 6 aliphatic heterocycles. The first-order chi connectivity index (χ1) is 58.1. The van der Waals surface area contributed by atoms with Gasteiger partial charge in [-0.25, -0.2) is 0 Å². The van der Waals surface area contributed by atoms with Crippen LogP contribution < -0.4 is 57.7 Å². The summed E-state index contributed by atoms with van der Waals surface area (Å²) in [5.74, 6) is -11.6. The van der Waals surface area contributed by atoms with Crippen molar-refractivity contribution >= 4 is 93.9 Å². The van der Waals surface area contributed by atoms with Crippen molar-refractivity contribution in [2.45, 2.75) is 213 Å². The molecule has 32 nitrogen and oxygen atoms in total. The van der Waals surface area contributed by atoms with E-state index in [1.807, 2.05) is 52.0 Å². The van der Waals surface area contributed by atoms with Crippen molar-refractivity contribution in [3.8, 4) is 22.3 Å². The molecule has 0 saturated carbocycles. The molecule has 5 aromatic carbocycles. The SMILES string of the molecule is CC(=O)C[C@@H]1NC(=O)[C@H](CC(C)C)NC(=O)c2ccc(-c3ccc(N4CCN(Cc5cccc(CN6CCN(c7ccc(-c8ccc9cc8CNC(=O)[C@@H]8CCCN8C(=O)[C@H](C)NC(=O)[C@H]([C@@H](C)O)NC(=O)[C@H](CC(=O)O)NC(=O)[C@H](CC(C)C)CC9=O)cc7)CC6)c5)CC4)cc3)c(c2)CNC(=O)[C@@H]2CCCN2C(=O)C(C)NC(=O)C(C(C)O)NC1=O. The van der Waals surface area contributed by atoms with Gasteiger partial charge in [0.15, 0.2) is 5.78 Å². The fourth-order valence-electron chi connectivity index (χ4n) is 17.1. The average Bonchev–Trinajstić information content (AvgIpc) is 1.38. The summed E-state index contributed by atoms with van der Waals surface area (Å²) in [5, 5.41) is 55.1. The Kier molecular flexibility index (Phi) is 31.0. The van der Waals surface area contributed by atoms with Gasteiger partial charge in [-0.2, -0.15) is 0 Å². The summed E-state index contributed by atoms with van der Waals surface area (Å²) in [6.45, 7) is 22.3. The zero-order valence-electron chi connectivity index (χ0n) is 71.0. The third-order valence-corrected chi connectivity index (χ3v) is 23.6. The van der Waals surface area contributed by atoms with Crippen molar-refractivity contribution < 1.29 is 82.4 Å². The Balaban J connectivity index is 0.719. The van der Waals surface area contributed by atoms with E-state index in [1.54, 1.807) is 36.4 Å². The fourth-order valence-corrected chi connectivity index (χ4v) is 17.1. The predicted molar refractivity (Wildman–Crippen MR) is 455 cm³/mol. The summed E-state index contributed by atoms with van der Waals surface area (Å²) in [6.07, 6.45) is -2.66. The number of benzene rings is 5. The number of nitrogens with one attached hydrogen (secondary N) is 9. The second kappa shape index (κ2) is 41.4. The maximum absolute atomic E-state index is 14.4. The van der Waals surface area contributed by atoms with Crippen molar-refractivity contribution in [3.05, 3.63) is 143 Å². The van der Waals surface area contributed by atoms with Crippen molar-refractivity contribution in [1.29, 1.82) is 0 Å². The number of amides is 11. The monoisotopic (exact) mass is 1680 g/mol. The molecule has 0 radical (unpaired) electrons. The molecule has 4 bridgehead atoms. The smallest absolute Gasteiger partial charge is 0.305 e. The summed E-state index contributed by atoms with van der Waals surface area (Å²) in [6, 6.07) is 23.3. The van der Waals surface area contributed by atoms with Gasteiger partial charge in [0, 0.05) is 133 Å². The molecule has 12 atom stereocenters. The zero-order valence-corrected chi connectivity index (χ0v) is 71.0. The minimum absolute atomic E-state index is 0.0387. The second-order valence-corrected chi connectivity index (χ2v) is 34.1. The Bertz CT molecular complexity index is 4410. The van der Waals surface area contributed by atoms with E-state index in [4.69, 9.17) is 0 Å². The first kappa shape index (κ1) is 91.3. The third-order valence-electron chi connectivity index (χ3n) is 23.6.